The van der Waals surface area contributed by atoms with E-state index in [1.165, 1.54) is 23.5 Å². The van der Waals surface area contributed by atoms with E-state index in [1.54, 1.807) is 12.1 Å². The summed E-state index contributed by atoms with van der Waals surface area (Å²) in [7, 11) is 0. The van der Waals surface area contributed by atoms with E-state index in [1.807, 2.05) is 0 Å². The fourth-order valence-corrected chi connectivity index (χ4v) is 1.99. The molecule has 0 unspecified atom stereocenters. The minimum Gasteiger partial charge on any atom is -0.258 e. The molecule has 0 saturated heterocycles. The number of rotatable bonds is 2. The van der Waals surface area contributed by atoms with Crippen molar-refractivity contribution in [2.75, 3.05) is 0 Å². The highest BCUT2D eigenvalue weighted by molar-refractivity contribution is 7.73. The zero-order chi connectivity index (χ0) is 10.8. The van der Waals surface area contributed by atoms with E-state index in [4.69, 9.17) is 12.2 Å². The van der Waals surface area contributed by atoms with Crippen molar-refractivity contribution in [1.29, 1.82) is 0 Å². The van der Waals surface area contributed by atoms with Gasteiger partial charge >= 0.3 is 0 Å². The largest absolute Gasteiger partial charge is 0.270 e. The summed E-state index contributed by atoms with van der Waals surface area (Å²) >= 11 is 6.17. The first-order valence-corrected chi connectivity index (χ1v) is 5.19. The third-order valence-corrected chi connectivity index (χ3v) is 2.88. The van der Waals surface area contributed by atoms with Crippen molar-refractivity contribution in [2.45, 2.75) is 0 Å². The van der Waals surface area contributed by atoms with Crippen LogP contribution in [0.2, 0.25) is 0 Å². The van der Waals surface area contributed by atoms with E-state index >= 15 is 0 Å². The van der Waals surface area contributed by atoms with Crippen LogP contribution in [0.3, 0.4) is 0 Å². The van der Waals surface area contributed by atoms with Crippen LogP contribution in [0, 0.1) is 14.1 Å². The smallest absolute Gasteiger partial charge is 0.258 e. The van der Waals surface area contributed by atoms with Gasteiger partial charge in [0.2, 0.25) is 0 Å². The maximum Gasteiger partial charge on any atom is 0.270 e. The van der Waals surface area contributed by atoms with Crippen LogP contribution < -0.4 is 0 Å². The molecule has 15 heavy (non-hydrogen) atoms. The fraction of sp³-hybridized carbons (Fsp3) is 0. The molecule has 0 bridgehead atoms. The predicted octanol–water partition coefficient (Wildman–Crippen LogP) is 2.78. The summed E-state index contributed by atoms with van der Waals surface area (Å²) < 4.78 is 0.552. The molecule has 1 aromatic heterocycles. The van der Waals surface area contributed by atoms with Crippen molar-refractivity contribution in [3.8, 4) is 10.6 Å². The van der Waals surface area contributed by atoms with Gasteiger partial charge < -0.3 is 0 Å². The maximum absolute atomic E-state index is 10.5. The normalized spacial score (nSPS) is 10.1. The lowest BCUT2D eigenvalue weighted by molar-refractivity contribution is -0.384. The standard InChI is InChI=1S/C8H5N3O2S2/c12-11(13)6-3-1-2-5(4-6)7-9-10-8(14)15-7/h1-4H,(H,10,14). The first kappa shape index (κ1) is 9.94. The van der Waals surface area contributed by atoms with Crippen molar-refractivity contribution < 1.29 is 4.92 Å². The summed E-state index contributed by atoms with van der Waals surface area (Å²) in [4.78, 5) is 10.1. The Morgan fingerprint density at radius 2 is 2.33 bits per heavy atom. The lowest BCUT2D eigenvalue weighted by Crippen LogP contribution is -1.87. The number of H-pyrrole nitrogens is 1. The number of non-ortho nitro benzene ring substituents is 1. The zero-order valence-corrected chi connectivity index (χ0v) is 8.97. The number of hydrogen-bond donors (Lipinski definition) is 1. The van der Waals surface area contributed by atoms with Gasteiger partial charge in [-0.1, -0.05) is 23.5 Å². The quantitative estimate of drug-likeness (QED) is 0.497. The highest BCUT2D eigenvalue weighted by atomic mass is 32.1. The Bertz CT molecular complexity index is 561. The molecular weight excluding hydrogens is 234 g/mol. The molecule has 5 nitrogen and oxygen atoms in total. The Hall–Kier alpha value is -1.60. The molecule has 0 amide bonds. The Morgan fingerprint density at radius 1 is 1.53 bits per heavy atom. The lowest BCUT2D eigenvalue weighted by Gasteiger charge is -1.94. The molecule has 0 radical (unpaired) electrons. The van der Waals surface area contributed by atoms with Crippen LogP contribution in [0.4, 0.5) is 5.69 Å². The van der Waals surface area contributed by atoms with Crippen LogP contribution in [0.25, 0.3) is 10.6 Å². The maximum atomic E-state index is 10.5. The fourth-order valence-electron chi connectivity index (χ4n) is 1.11. The van der Waals surface area contributed by atoms with Crippen LogP contribution in [0.1, 0.15) is 0 Å². The Kier molecular flexibility index (Phi) is 2.57. The predicted molar refractivity (Wildman–Crippen MR) is 59.4 cm³/mol. The van der Waals surface area contributed by atoms with Crippen molar-refractivity contribution in [1.82, 2.24) is 10.2 Å². The van der Waals surface area contributed by atoms with Gasteiger partial charge in [-0.3, -0.25) is 15.2 Å². The average molecular weight is 239 g/mol. The Labute approximate surface area is 93.5 Å². The number of benzene rings is 1. The second-order valence-electron chi connectivity index (χ2n) is 2.73. The summed E-state index contributed by atoms with van der Waals surface area (Å²) in [5, 5.41) is 17.8. The SMILES string of the molecule is O=[N+]([O-])c1cccc(-c2n[nH]c(=S)s2)c1. The molecule has 1 heterocycles. The number of hydrogen-bond acceptors (Lipinski definition) is 5. The van der Waals surface area contributed by atoms with E-state index in [0.717, 1.165) is 0 Å². The van der Waals surface area contributed by atoms with Gasteiger partial charge in [0.15, 0.2) is 3.95 Å². The van der Waals surface area contributed by atoms with Crippen molar-refractivity contribution in [3.63, 3.8) is 0 Å². The third kappa shape index (κ3) is 2.08. The molecule has 2 rings (SSSR count). The molecular formula is C8H5N3O2S2. The van der Waals surface area contributed by atoms with Gasteiger partial charge in [-0.2, -0.15) is 5.10 Å². The highest BCUT2D eigenvalue weighted by Gasteiger charge is 2.08. The summed E-state index contributed by atoms with van der Waals surface area (Å²) in [6.07, 6.45) is 0. The van der Waals surface area contributed by atoms with Gasteiger partial charge in [-0.05, 0) is 12.2 Å². The van der Waals surface area contributed by atoms with Crippen LogP contribution in [0.15, 0.2) is 24.3 Å². The minimum absolute atomic E-state index is 0.0496. The van der Waals surface area contributed by atoms with E-state index in [2.05, 4.69) is 10.2 Å². The average Bonchev–Trinajstić information content (AvgIpc) is 2.65. The van der Waals surface area contributed by atoms with E-state index in [-0.39, 0.29) is 5.69 Å². The molecule has 76 valence electrons. The van der Waals surface area contributed by atoms with Gasteiger partial charge in [0.1, 0.15) is 5.01 Å². The van der Waals surface area contributed by atoms with Gasteiger partial charge in [0.25, 0.3) is 5.69 Å². The first-order valence-electron chi connectivity index (χ1n) is 3.97. The minimum atomic E-state index is -0.435. The van der Waals surface area contributed by atoms with Gasteiger partial charge in [0.05, 0.1) is 4.92 Å². The Morgan fingerprint density at radius 3 is 2.93 bits per heavy atom. The number of nitro benzene ring substituents is 1. The molecule has 0 spiro atoms. The molecule has 0 aliphatic rings. The Balaban J connectivity index is 2.49. The second kappa shape index (κ2) is 3.87. The number of aromatic amines is 1. The van der Waals surface area contributed by atoms with Crippen LogP contribution in [-0.2, 0) is 0 Å². The number of nitro groups is 1. The van der Waals surface area contributed by atoms with E-state index < -0.39 is 4.92 Å². The third-order valence-electron chi connectivity index (χ3n) is 1.74. The summed E-state index contributed by atoms with van der Waals surface area (Å²) in [6, 6.07) is 6.29. The second-order valence-corrected chi connectivity index (χ2v) is 4.39. The van der Waals surface area contributed by atoms with Gasteiger partial charge in [-0.15, -0.1) is 0 Å². The van der Waals surface area contributed by atoms with E-state index in [9.17, 15) is 10.1 Å². The molecule has 0 aliphatic heterocycles. The van der Waals surface area contributed by atoms with Crippen LogP contribution in [-0.4, -0.2) is 15.1 Å². The van der Waals surface area contributed by atoms with E-state index in [0.29, 0.717) is 14.5 Å². The van der Waals surface area contributed by atoms with Crippen molar-refractivity contribution in [3.05, 3.63) is 38.3 Å². The van der Waals surface area contributed by atoms with Gasteiger partial charge in [-0.25, -0.2) is 0 Å². The van der Waals surface area contributed by atoms with Crippen molar-refractivity contribution in [2.24, 2.45) is 0 Å². The van der Waals surface area contributed by atoms with Crippen molar-refractivity contribution >= 4 is 29.2 Å². The number of nitrogens with zero attached hydrogens (tertiary/aromatic N) is 2. The molecule has 0 aliphatic carbocycles. The monoisotopic (exact) mass is 239 g/mol. The molecule has 0 fully saturated rings. The summed E-state index contributed by atoms with van der Waals surface area (Å²) in [5.41, 5.74) is 0.746. The molecule has 1 N–H and O–H groups in total. The topological polar surface area (TPSA) is 71.8 Å². The highest BCUT2D eigenvalue weighted by Crippen LogP contribution is 2.25. The molecule has 0 saturated carbocycles. The molecule has 0 atom stereocenters. The summed E-state index contributed by atoms with van der Waals surface area (Å²) in [6.45, 7) is 0. The van der Waals surface area contributed by atoms with Gasteiger partial charge in [0, 0.05) is 17.7 Å². The molecule has 2 aromatic rings. The number of nitrogens with one attached hydrogen (secondary N) is 1. The first-order chi connectivity index (χ1) is 7.16. The summed E-state index contributed by atoms with van der Waals surface area (Å²) in [5.74, 6) is 0. The van der Waals surface area contributed by atoms with Crippen LogP contribution in [0.5, 0.6) is 0 Å². The van der Waals surface area contributed by atoms with Crippen LogP contribution >= 0.6 is 23.6 Å². The zero-order valence-electron chi connectivity index (χ0n) is 7.34. The molecule has 1 aromatic carbocycles. The molecule has 7 heteroatoms. The lowest BCUT2D eigenvalue weighted by atomic mass is 10.2. The number of aromatic nitrogens is 2.